The van der Waals surface area contributed by atoms with Crippen molar-refractivity contribution in [2.45, 2.75) is 16.2 Å². The molecule has 5 nitrogen and oxygen atoms in total. The number of sulfonamides is 1. The standard InChI is InChI=1S/C19H21ClN2O3S2/c20-16-5-4-8-18(15-16)27(24,25)22-12-10-21(11-13-22)19(23)9-14-26-17-6-2-1-3-7-17/h1-8,15H,9-14H2. The number of nitrogens with zero attached hydrogens (tertiary/aromatic N) is 2. The van der Waals surface area contributed by atoms with Crippen molar-refractivity contribution in [2.75, 3.05) is 31.9 Å². The van der Waals surface area contributed by atoms with Gasteiger partial charge in [-0.1, -0.05) is 35.9 Å². The van der Waals surface area contributed by atoms with E-state index in [2.05, 4.69) is 0 Å². The Balaban J connectivity index is 1.50. The van der Waals surface area contributed by atoms with E-state index in [1.807, 2.05) is 30.3 Å². The van der Waals surface area contributed by atoms with Gasteiger partial charge in [-0.3, -0.25) is 4.79 Å². The number of hydrogen-bond donors (Lipinski definition) is 0. The van der Waals surface area contributed by atoms with Crippen LogP contribution < -0.4 is 0 Å². The van der Waals surface area contributed by atoms with Crippen molar-refractivity contribution in [1.82, 2.24) is 9.21 Å². The number of rotatable bonds is 6. The average Bonchev–Trinajstić information content (AvgIpc) is 2.69. The van der Waals surface area contributed by atoms with Gasteiger partial charge in [0.1, 0.15) is 0 Å². The zero-order valence-electron chi connectivity index (χ0n) is 14.8. The Kier molecular flexibility index (Phi) is 6.81. The van der Waals surface area contributed by atoms with Gasteiger partial charge in [0.15, 0.2) is 0 Å². The Morgan fingerprint density at radius 2 is 1.70 bits per heavy atom. The summed E-state index contributed by atoms with van der Waals surface area (Å²) >= 11 is 7.56. The predicted octanol–water partition coefficient (Wildman–Crippen LogP) is 3.36. The predicted molar refractivity (Wildman–Crippen MR) is 109 cm³/mol. The van der Waals surface area contributed by atoms with E-state index < -0.39 is 10.0 Å². The topological polar surface area (TPSA) is 57.7 Å². The maximum atomic E-state index is 12.7. The van der Waals surface area contributed by atoms with E-state index in [-0.39, 0.29) is 10.8 Å². The summed E-state index contributed by atoms with van der Waals surface area (Å²) < 4.78 is 26.8. The molecule has 3 rings (SSSR count). The van der Waals surface area contributed by atoms with Crippen molar-refractivity contribution in [1.29, 1.82) is 0 Å². The van der Waals surface area contributed by atoms with Gasteiger partial charge in [-0.15, -0.1) is 11.8 Å². The third-order valence-electron chi connectivity index (χ3n) is 4.35. The number of carbonyl (C=O) groups excluding carboxylic acids is 1. The van der Waals surface area contributed by atoms with Crippen LogP contribution in [0.3, 0.4) is 0 Å². The summed E-state index contributed by atoms with van der Waals surface area (Å²) in [5, 5.41) is 0.390. The first-order valence-corrected chi connectivity index (χ1v) is 11.5. The first kappa shape index (κ1) is 20.2. The van der Waals surface area contributed by atoms with Gasteiger partial charge in [-0.25, -0.2) is 8.42 Å². The molecule has 0 spiro atoms. The second kappa shape index (κ2) is 9.10. The SMILES string of the molecule is O=C(CCSc1ccccc1)N1CCN(S(=O)(=O)c2cccc(Cl)c2)CC1. The van der Waals surface area contributed by atoms with Crippen LogP contribution in [0.1, 0.15) is 6.42 Å². The molecule has 1 aliphatic rings. The quantitative estimate of drug-likeness (QED) is 0.667. The monoisotopic (exact) mass is 424 g/mol. The van der Waals surface area contributed by atoms with Crippen molar-refractivity contribution in [3.05, 3.63) is 59.6 Å². The van der Waals surface area contributed by atoms with Crippen molar-refractivity contribution in [2.24, 2.45) is 0 Å². The number of thioether (sulfide) groups is 1. The Hall–Kier alpha value is -1.54. The second-order valence-electron chi connectivity index (χ2n) is 6.15. The molecule has 27 heavy (non-hydrogen) atoms. The van der Waals surface area contributed by atoms with E-state index >= 15 is 0 Å². The van der Waals surface area contributed by atoms with Crippen LogP contribution in [0.25, 0.3) is 0 Å². The lowest BCUT2D eigenvalue weighted by atomic mass is 10.3. The third-order valence-corrected chi connectivity index (χ3v) is 7.50. The number of amides is 1. The molecule has 0 atom stereocenters. The van der Waals surface area contributed by atoms with Gasteiger partial charge in [0.05, 0.1) is 4.90 Å². The van der Waals surface area contributed by atoms with Crippen molar-refractivity contribution >= 4 is 39.3 Å². The van der Waals surface area contributed by atoms with Gasteiger partial charge < -0.3 is 4.90 Å². The smallest absolute Gasteiger partial charge is 0.243 e. The van der Waals surface area contributed by atoms with Gasteiger partial charge in [0, 0.05) is 48.3 Å². The zero-order chi connectivity index (χ0) is 19.3. The van der Waals surface area contributed by atoms with Crippen molar-refractivity contribution < 1.29 is 13.2 Å². The molecule has 1 aliphatic heterocycles. The van der Waals surface area contributed by atoms with Crippen LogP contribution in [0.5, 0.6) is 0 Å². The molecule has 1 amide bonds. The minimum Gasteiger partial charge on any atom is -0.340 e. The summed E-state index contributed by atoms with van der Waals surface area (Å²) in [5.74, 6) is 0.780. The van der Waals surface area contributed by atoms with Crippen LogP contribution in [-0.2, 0) is 14.8 Å². The Bertz CT molecular complexity index is 883. The molecule has 8 heteroatoms. The maximum absolute atomic E-state index is 12.7. The van der Waals surface area contributed by atoms with Gasteiger partial charge in [-0.2, -0.15) is 4.31 Å². The summed E-state index contributed by atoms with van der Waals surface area (Å²) in [4.78, 5) is 15.5. The van der Waals surface area contributed by atoms with E-state index in [0.29, 0.717) is 43.4 Å². The summed E-state index contributed by atoms with van der Waals surface area (Å²) in [6.07, 6.45) is 0.445. The van der Waals surface area contributed by atoms with Gasteiger partial charge in [0.25, 0.3) is 0 Å². The molecule has 0 unspecified atom stereocenters. The van der Waals surface area contributed by atoms with Gasteiger partial charge >= 0.3 is 0 Å². The molecule has 1 saturated heterocycles. The molecular formula is C19H21ClN2O3S2. The average molecular weight is 425 g/mol. The molecule has 0 N–H and O–H groups in total. The number of piperazine rings is 1. The van der Waals surface area contributed by atoms with Crippen molar-refractivity contribution in [3.63, 3.8) is 0 Å². The van der Waals surface area contributed by atoms with E-state index in [9.17, 15) is 13.2 Å². The lowest BCUT2D eigenvalue weighted by Gasteiger charge is -2.34. The Morgan fingerprint density at radius 3 is 2.37 bits per heavy atom. The van der Waals surface area contributed by atoms with Crippen LogP contribution in [0, 0.1) is 0 Å². The third kappa shape index (κ3) is 5.25. The number of hydrogen-bond acceptors (Lipinski definition) is 4. The number of benzene rings is 2. The summed E-state index contributed by atoms with van der Waals surface area (Å²) in [5.41, 5.74) is 0. The van der Waals surface area contributed by atoms with Crippen LogP contribution in [-0.4, -0.2) is 55.5 Å². The minimum atomic E-state index is -3.58. The van der Waals surface area contributed by atoms with Gasteiger partial charge in [-0.05, 0) is 30.3 Å². The lowest BCUT2D eigenvalue weighted by Crippen LogP contribution is -2.50. The summed E-state index contributed by atoms with van der Waals surface area (Å²) in [6, 6.07) is 16.2. The highest BCUT2D eigenvalue weighted by Crippen LogP contribution is 2.22. The first-order chi connectivity index (χ1) is 13.0. The molecule has 0 radical (unpaired) electrons. The zero-order valence-corrected chi connectivity index (χ0v) is 17.1. The minimum absolute atomic E-state index is 0.0678. The lowest BCUT2D eigenvalue weighted by molar-refractivity contribution is -0.131. The fourth-order valence-electron chi connectivity index (χ4n) is 2.89. The highest BCUT2D eigenvalue weighted by molar-refractivity contribution is 7.99. The second-order valence-corrected chi connectivity index (χ2v) is 9.70. The molecule has 0 aliphatic carbocycles. The molecule has 1 fully saturated rings. The molecule has 2 aromatic rings. The Labute approximate surface area is 169 Å². The molecule has 0 aromatic heterocycles. The largest absolute Gasteiger partial charge is 0.340 e. The highest BCUT2D eigenvalue weighted by Gasteiger charge is 2.30. The number of halogens is 1. The molecule has 144 valence electrons. The van der Waals surface area contributed by atoms with E-state index in [1.165, 1.54) is 10.4 Å². The van der Waals surface area contributed by atoms with Crippen molar-refractivity contribution in [3.8, 4) is 0 Å². The van der Waals surface area contributed by atoms with Crippen LogP contribution in [0.2, 0.25) is 5.02 Å². The Morgan fingerprint density at radius 1 is 1.00 bits per heavy atom. The molecule has 0 saturated carbocycles. The molecular weight excluding hydrogens is 404 g/mol. The molecule has 2 aromatic carbocycles. The summed E-state index contributed by atoms with van der Waals surface area (Å²) in [6.45, 7) is 1.42. The van der Waals surface area contributed by atoms with Gasteiger partial charge in [0.2, 0.25) is 15.9 Å². The fraction of sp³-hybridized carbons (Fsp3) is 0.316. The van der Waals surface area contributed by atoms with Crippen LogP contribution >= 0.6 is 23.4 Å². The van der Waals surface area contributed by atoms with E-state index in [4.69, 9.17) is 11.6 Å². The normalized spacial score (nSPS) is 15.7. The van der Waals surface area contributed by atoms with E-state index in [1.54, 1.807) is 34.9 Å². The van der Waals surface area contributed by atoms with Crippen LogP contribution in [0.4, 0.5) is 0 Å². The molecule has 0 bridgehead atoms. The number of carbonyl (C=O) groups is 1. The fourth-order valence-corrected chi connectivity index (χ4v) is 5.47. The maximum Gasteiger partial charge on any atom is 0.243 e. The van der Waals surface area contributed by atoms with E-state index in [0.717, 1.165) is 4.90 Å². The molecule has 1 heterocycles. The van der Waals surface area contributed by atoms with Crippen LogP contribution in [0.15, 0.2) is 64.4 Å². The highest BCUT2D eigenvalue weighted by atomic mass is 35.5. The summed E-state index contributed by atoms with van der Waals surface area (Å²) in [7, 11) is -3.58. The first-order valence-electron chi connectivity index (χ1n) is 8.68.